The second-order valence-corrected chi connectivity index (χ2v) is 16.6. The Balaban J connectivity index is 3.13. The molecule has 0 spiro atoms. The van der Waals surface area contributed by atoms with Crippen LogP contribution in [-0.4, -0.2) is 68.3 Å². The molecule has 0 aromatic carbocycles. The summed E-state index contributed by atoms with van der Waals surface area (Å²) in [5.41, 5.74) is 2.25. The molecule has 0 unspecified atom stereocenters. The average Bonchev–Trinajstić information content (AvgIpc) is 2.46. The third-order valence-electron chi connectivity index (χ3n) is 3.85. The predicted octanol–water partition coefficient (Wildman–Crippen LogP) is 0.823. The van der Waals surface area contributed by atoms with Gasteiger partial charge in [0.1, 0.15) is 0 Å². The molecule has 1 aliphatic heterocycles. The van der Waals surface area contributed by atoms with Gasteiger partial charge in [0.25, 0.3) is 0 Å². The van der Waals surface area contributed by atoms with Crippen LogP contribution >= 0.6 is 0 Å². The first-order valence-electron chi connectivity index (χ1n) is 5.80. The van der Waals surface area contributed by atoms with E-state index in [2.05, 4.69) is 0 Å². The third kappa shape index (κ3) is 2.94. The molecule has 0 amide bonds. The van der Waals surface area contributed by atoms with Crippen molar-refractivity contribution in [3.05, 3.63) is 0 Å². The molecule has 0 atom stereocenters. The van der Waals surface area contributed by atoms with Crippen LogP contribution in [-0.2, 0) is 26.6 Å². The van der Waals surface area contributed by atoms with Crippen LogP contribution in [0.2, 0.25) is 17.0 Å². The van der Waals surface area contributed by atoms with E-state index in [4.69, 9.17) is 26.6 Å². The van der Waals surface area contributed by atoms with E-state index in [1.165, 1.54) is 0 Å². The van der Waals surface area contributed by atoms with Crippen molar-refractivity contribution in [3.63, 3.8) is 0 Å². The van der Waals surface area contributed by atoms with E-state index in [0.717, 1.165) is 17.0 Å². The van der Waals surface area contributed by atoms with Crippen LogP contribution in [0.25, 0.3) is 0 Å². The SMILES string of the molecule is CO[Si]1(OC)C[Si](OC)(OC)C[Si](OC)(OC)C1. The third-order valence-corrected chi connectivity index (χ3v) is 21.2. The van der Waals surface area contributed by atoms with Crippen molar-refractivity contribution in [2.24, 2.45) is 0 Å². The van der Waals surface area contributed by atoms with Gasteiger partial charge in [-0.15, -0.1) is 0 Å². The standard InChI is InChI=1S/C9H24O6Si3/c1-10-16(11-2)7-17(12-3,13-4)9-18(8-16,14-5)15-6/h7-9H2,1-6H3. The summed E-state index contributed by atoms with van der Waals surface area (Å²) in [6, 6.07) is 0. The fourth-order valence-electron chi connectivity index (χ4n) is 2.53. The zero-order valence-corrected chi connectivity index (χ0v) is 15.1. The highest BCUT2D eigenvalue weighted by atomic mass is 28.5. The van der Waals surface area contributed by atoms with Crippen LogP contribution < -0.4 is 0 Å². The molecular weight excluding hydrogens is 288 g/mol. The Labute approximate surface area is 112 Å². The predicted molar refractivity (Wildman–Crippen MR) is 73.7 cm³/mol. The van der Waals surface area contributed by atoms with Crippen molar-refractivity contribution >= 4 is 25.7 Å². The highest BCUT2D eigenvalue weighted by Gasteiger charge is 2.64. The Kier molecular flexibility index (Phi) is 5.71. The van der Waals surface area contributed by atoms with Crippen molar-refractivity contribution in [1.82, 2.24) is 0 Å². The molecule has 0 radical (unpaired) electrons. The van der Waals surface area contributed by atoms with Gasteiger partial charge in [0, 0.05) is 59.7 Å². The molecule has 0 aliphatic carbocycles. The molecule has 1 aliphatic rings. The van der Waals surface area contributed by atoms with E-state index in [-0.39, 0.29) is 0 Å². The van der Waals surface area contributed by atoms with Crippen LogP contribution in [0.5, 0.6) is 0 Å². The Hall–Kier alpha value is 0.411. The lowest BCUT2D eigenvalue weighted by atomic mass is 11.7. The molecule has 18 heavy (non-hydrogen) atoms. The van der Waals surface area contributed by atoms with Gasteiger partial charge in [-0.25, -0.2) is 0 Å². The van der Waals surface area contributed by atoms with Gasteiger partial charge in [-0.3, -0.25) is 0 Å². The average molecular weight is 313 g/mol. The summed E-state index contributed by atoms with van der Waals surface area (Å²) in [4.78, 5) is 0. The van der Waals surface area contributed by atoms with Crippen molar-refractivity contribution < 1.29 is 26.6 Å². The molecule has 0 aromatic heterocycles. The zero-order valence-electron chi connectivity index (χ0n) is 12.1. The minimum absolute atomic E-state index is 0.751. The number of hydrogen-bond acceptors (Lipinski definition) is 6. The smallest absolute Gasteiger partial charge is 0.341 e. The van der Waals surface area contributed by atoms with E-state index in [0.29, 0.717) is 0 Å². The Bertz CT molecular complexity index is 210. The van der Waals surface area contributed by atoms with Crippen LogP contribution in [0.4, 0.5) is 0 Å². The second-order valence-electron chi connectivity index (χ2n) is 4.49. The van der Waals surface area contributed by atoms with Crippen LogP contribution in [0, 0.1) is 0 Å². The molecule has 0 bridgehead atoms. The van der Waals surface area contributed by atoms with E-state index < -0.39 is 25.7 Å². The van der Waals surface area contributed by atoms with Crippen molar-refractivity contribution in [3.8, 4) is 0 Å². The van der Waals surface area contributed by atoms with Crippen LogP contribution in [0.3, 0.4) is 0 Å². The summed E-state index contributed by atoms with van der Waals surface area (Å²) in [5, 5.41) is 0. The highest BCUT2D eigenvalue weighted by Crippen LogP contribution is 2.41. The molecule has 0 N–H and O–H groups in total. The van der Waals surface area contributed by atoms with Gasteiger partial charge in [0.05, 0.1) is 0 Å². The summed E-state index contributed by atoms with van der Waals surface area (Å²) in [7, 11) is 3.06. The van der Waals surface area contributed by atoms with Crippen molar-refractivity contribution in [2.45, 2.75) is 17.0 Å². The van der Waals surface area contributed by atoms with E-state index >= 15 is 0 Å². The largest absolute Gasteiger partial charge is 0.398 e. The van der Waals surface area contributed by atoms with E-state index in [9.17, 15) is 0 Å². The Morgan fingerprint density at radius 1 is 0.444 bits per heavy atom. The second kappa shape index (κ2) is 6.24. The summed E-state index contributed by atoms with van der Waals surface area (Å²) < 4.78 is 34.3. The molecule has 0 aromatic rings. The fourth-order valence-corrected chi connectivity index (χ4v) is 24.7. The van der Waals surface area contributed by atoms with Gasteiger partial charge in [0.2, 0.25) is 0 Å². The van der Waals surface area contributed by atoms with Gasteiger partial charge < -0.3 is 26.6 Å². The van der Waals surface area contributed by atoms with Crippen LogP contribution in [0.15, 0.2) is 0 Å². The van der Waals surface area contributed by atoms with E-state index in [1.54, 1.807) is 42.7 Å². The van der Waals surface area contributed by atoms with Crippen molar-refractivity contribution in [1.29, 1.82) is 0 Å². The topological polar surface area (TPSA) is 55.4 Å². The van der Waals surface area contributed by atoms with Gasteiger partial charge in [0.15, 0.2) is 0 Å². The monoisotopic (exact) mass is 312 g/mol. The number of rotatable bonds is 6. The summed E-state index contributed by atoms with van der Waals surface area (Å²) in [5.74, 6) is 0. The van der Waals surface area contributed by atoms with Gasteiger partial charge in [-0.2, -0.15) is 0 Å². The molecule has 1 rings (SSSR count). The maximum atomic E-state index is 5.71. The molecule has 1 saturated heterocycles. The Morgan fingerprint density at radius 2 is 0.611 bits per heavy atom. The minimum atomic E-state index is -2.36. The van der Waals surface area contributed by atoms with Gasteiger partial charge in [-0.1, -0.05) is 0 Å². The van der Waals surface area contributed by atoms with E-state index in [1.807, 2.05) is 0 Å². The minimum Gasteiger partial charge on any atom is -0.398 e. The first-order valence-corrected chi connectivity index (χ1v) is 12.5. The Morgan fingerprint density at radius 3 is 0.722 bits per heavy atom. The molecule has 0 saturated carbocycles. The first-order chi connectivity index (χ1) is 8.49. The van der Waals surface area contributed by atoms with Crippen LogP contribution in [0.1, 0.15) is 0 Å². The molecule has 1 fully saturated rings. The highest BCUT2D eigenvalue weighted by molar-refractivity contribution is 7.03. The van der Waals surface area contributed by atoms with Gasteiger partial charge >= 0.3 is 25.7 Å². The molecule has 108 valence electrons. The lowest BCUT2D eigenvalue weighted by Crippen LogP contribution is -2.67. The lowest BCUT2D eigenvalue weighted by molar-refractivity contribution is 0.192. The zero-order chi connectivity index (χ0) is 13.9. The summed E-state index contributed by atoms with van der Waals surface area (Å²) in [6.45, 7) is 0. The fraction of sp³-hybridized carbons (Fsp3) is 1.00. The van der Waals surface area contributed by atoms with Gasteiger partial charge in [-0.05, 0) is 0 Å². The molecular formula is C9H24O6Si3. The molecule has 1 heterocycles. The quantitative estimate of drug-likeness (QED) is 0.677. The van der Waals surface area contributed by atoms with Crippen molar-refractivity contribution in [2.75, 3.05) is 42.7 Å². The first kappa shape index (κ1) is 16.5. The molecule has 6 nitrogen and oxygen atoms in total. The maximum Gasteiger partial charge on any atom is 0.341 e. The normalized spacial score (nSPS) is 25.0. The summed E-state index contributed by atoms with van der Waals surface area (Å²) >= 11 is 0. The maximum absolute atomic E-state index is 5.71. The summed E-state index contributed by atoms with van der Waals surface area (Å²) in [6.07, 6.45) is 0. The number of hydrogen-bond donors (Lipinski definition) is 0. The molecule has 9 heteroatoms. The lowest BCUT2D eigenvalue weighted by Gasteiger charge is -2.46.